The Labute approximate surface area is 139 Å². The third-order valence-electron chi connectivity index (χ3n) is 3.62. The number of halogens is 1. The van der Waals surface area contributed by atoms with Crippen LogP contribution in [0, 0.1) is 5.82 Å². The molecule has 0 saturated carbocycles. The van der Waals surface area contributed by atoms with Crippen LogP contribution < -0.4 is 4.74 Å². The molecule has 24 heavy (non-hydrogen) atoms. The zero-order chi connectivity index (χ0) is 16.9. The predicted molar refractivity (Wildman–Crippen MR) is 89.2 cm³/mol. The number of hydrogen-bond donors (Lipinski definition) is 0. The molecule has 0 fully saturated rings. The zero-order valence-corrected chi connectivity index (χ0v) is 13.2. The van der Waals surface area contributed by atoms with Gasteiger partial charge in [-0.05, 0) is 41.8 Å². The second-order valence-electron chi connectivity index (χ2n) is 5.29. The van der Waals surface area contributed by atoms with E-state index in [2.05, 4.69) is 4.99 Å². The van der Waals surface area contributed by atoms with Gasteiger partial charge in [-0.2, -0.15) is 0 Å². The number of hydrogen-bond acceptors (Lipinski definition) is 4. The lowest BCUT2D eigenvalue weighted by molar-refractivity contribution is -0.130. The molecule has 0 saturated heterocycles. The number of aliphatic imine (C=N–C) groups is 1. The van der Waals surface area contributed by atoms with Crippen LogP contribution in [0.3, 0.4) is 0 Å². The van der Waals surface area contributed by atoms with Crippen LogP contribution in [0.1, 0.15) is 17.5 Å². The lowest BCUT2D eigenvalue weighted by Gasteiger charge is -2.07. The predicted octanol–water partition coefficient (Wildman–Crippen LogP) is 3.76. The molecule has 2 aromatic rings. The minimum atomic E-state index is -0.519. The molecule has 4 nitrogen and oxygen atoms in total. The largest absolute Gasteiger partial charge is 0.496 e. The highest BCUT2D eigenvalue weighted by molar-refractivity contribution is 6.07. The summed E-state index contributed by atoms with van der Waals surface area (Å²) in [6.07, 6.45) is 2.64. The van der Waals surface area contributed by atoms with Crippen molar-refractivity contribution < 1.29 is 18.7 Å². The third-order valence-corrected chi connectivity index (χ3v) is 3.62. The average molecular weight is 325 g/mol. The first-order valence-electron chi connectivity index (χ1n) is 7.54. The summed E-state index contributed by atoms with van der Waals surface area (Å²) >= 11 is 0. The van der Waals surface area contributed by atoms with Crippen LogP contribution in [0.4, 0.5) is 4.39 Å². The van der Waals surface area contributed by atoms with Gasteiger partial charge in [0, 0.05) is 6.42 Å². The summed E-state index contributed by atoms with van der Waals surface area (Å²) in [7, 11) is 1.62. The molecule has 0 atom stereocenters. The first-order valence-corrected chi connectivity index (χ1v) is 7.54. The Kier molecular flexibility index (Phi) is 4.70. The number of para-hydroxylation sites is 1. The fourth-order valence-electron chi connectivity index (χ4n) is 2.47. The highest BCUT2D eigenvalue weighted by Gasteiger charge is 2.22. The van der Waals surface area contributed by atoms with Crippen molar-refractivity contribution in [1.29, 1.82) is 0 Å². The standard InChI is InChI=1S/C19H16FNO3/c1-23-17-8-3-2-6-14(17)9-10-18-21-16(19(22)24-18)12-13-5-4-7-15(20)11-13/h2-8,11-12H,9-10H2,1H3/b16-12+. The fraction of sp³-hybridized carbons (Fsp3) is 0.158. The smallest absolute Gasteiger partial charge is 0.363 e. The van der Waals surface area contributed by atoms with Gasteiger partial charge < -0.3 is 9.47 Å². The second-order valence-corrected chi connectivity index (χ2v) is 5.29. The number of carbonyl (C=O) groups is 1. The van der Waals surface area contributed by atoms with Gasteiger partial charge in [0.2, 0.25) is 0 Å². The van der Waals surface area contributed by atoms with Gasteiger partial charge in [-0.15, -0.1) is 0 Å². The van der Waals surface area contributed by atoms with E-state index in [4.69, 9.17) is 9.47 Å². The Morgan fingerprint density at radius 1 is 1.17 bits per heavy atom. The number of rotatable bonds is 5. The third kappa shape index (κ3) is 3.68. The van der Waals surface area contributed by atoms with Crippen LogP contribution >= 0.6 is 0 Å². The molecule has 122 valence electrons. The van der Waals surface area contributed by atoms with Crippen molar-refractivity contribution >= 4 is 17.9 Å². The van der Waals surface area contributed by atoms with E-state index in [9.17, 15) is 9.18 Å². The van der Waals surface area contributed by atoms with Crippen LogP contribution in [-0.4, -0.2) is 19.0 Å². The van der Waals surface area contributed by atoms with Gasteiger partial charge in [0.25, 0.3) is 0 Å². The molecule has 0 unspecified atom stereocenters. The van der Waals surface area contributed by atoms with Crippen molar-refractivity contribution in [3.8, 4) is 5.75 Å². The molecule has 0 radical (unpaired) electrons. The molecule has 0 spiro atoms. The molecular weight excluding hydrogens is 309 g/mol. The highest BCUT2D eigenvalue weighted by atomic mass is 19.1. The van der Waals surface area contributed by atoms with E-state index < -0.39 is 5.97 Å². The summed E-state index contributed by atoms with van der Waals surface area (Å²) in [6.45, 7) is 0. The molecular formula is C19H16FNO3. The van der Waals surface area contributed by atoms with Crippen molar-refractivity contribution in [3.63, 3.8) is 0 Å². The Hall–Kier alpha value is -2.95. The topological polar surface area (TPSA) is 47.9 Å². The van der Waals surface area contributed by atoms with Crippen LogP contribution in [0.2, 0.25) is 0 Å². The van der Waals surface area contributed by atoms with Gasteiger partial charge in [0.15, 0.2) is 11.6 Å². The first-order chi connectivity index (χ1) is 11.7. The number of aryl methyl sites for hydroxylation is 1. The number of methoxy groups -OCH3 is 1. The summed E-state index contributed by atoms with van der Waals surface area (Å²) in [6, 6.07) is 13.6. The van der Waals surface area contributed by atoms with Crippen molar-refractivity contribution in [1.82, 2.24) is 0 Å². The number of cyclic esters (lactones) is 1. The van der Waals surface area contributed by atoms with E-state index in [1.165, 1.54) is 18.2 Å². The number of esters is 1. The van der Waals surface area contributed by atoms with E-state index in [0.29, 0.717) is 24.3 Å². The van der Waals surface area contributed by atoms with Crippen molar-refractivity contribution in [3.05, 3.63) is 71.2 Å². The lowest BCUT2D eigenvalue weighted by atomic mass is 10.1. The molecule has 1 aliphatic rings. The molecule has 1 heterocycles. The van der Waals surface area contributed by atoms with Crippen LogP contribution in [-0.2, 0) is 16.0 Å². The second kappa shape index (κ2) is 7.08. The summed E-state index contributed by atoms with van der Waals surface area (Å²) < 4.78 is 23.7. The molecule has 0 N–H and O–H groups in total. The molecule has 0 bridgehead atoms. The quantitative estimate of drug-likeness (QED) is 0.621. The Balaban J connectivity index is 1.72. The zero-order valence-electron chi connectivity index (χ0n) is 13.2. The first kappa shape index (κ1) is 15.9. The molecule has 0 aromatic heterocycles. The Morgan fingerprint density at radius 2 is 2.00 bits per heavy atom. The minimum Gasteiger partial charge on any atom is -0.496 e. The van der Waals surface area contributed by atoms with Gasteiger partial charge in [-0.25, -0.2) is 14.2 Å². The van der Waals surface area contributed by atoms with E-state index in [0.717, 1.165) is 11.3 Å². The monoisotopic (exact) mass is 325 g/mol. The van der Waals surface area contributed by atoms with Gasteiger partial charge in [-0.1, -0.05) is 30.3 Å². The number of nitrogens with zero attached hydrogens (tertiary/aromatic N) is 1. The van der Waals surface area contributed by atoms with Gasteiger partial charge in [0.1, 0.15) is 11.6 Å². The van der Waals surface area contributed by atoms with Crippen molar-refractivity contribution in [2.45, 2.75) is 12.8 Å². The molecule has 5 heteroatoms. The van der Waals surface area contributed by atoms with E-state index in [1.54, 1.807) is 19.2 Å². The van der Waals surface area contributed by atoms with Crippen molar-refractivity contribution in [2.75, 3.05) is 7.11 Å². The maximum atomic E-state index is 13.2. The fourth-order valence-corrected chi connectivity index (χ4v) is 2.47. The van der Waals surface area contributed by atoms with Crippen LogP contribution in [0.15, 0.2) is 59.2 Å². The Bertz CT molecular complexity index is 827. The summed E-state index contributed by atoms with van der Waals surface area (Å²) in [5.74, 6) is 0.261. The summed E-state index contributed by atoms with van der Waals surface area (Å²) in [5, 5.41) is 0. The molecule has 3 rings (SSSR count). The Morgan fingerprint density at radius 3 is 2.79 bits per heavy atom. The average Bonchev–Trinajstić information content (AvgIpc) is 2.93. The normalized spacial score (nSPS) is 15.3. The molecule has 2 aromatic carbocycles. The highest BCUT2D eigenvalue weighted by Crippen LogP contribution is 2.22. The minimum absolute atomic E-state index is 0.177. The maximum absolute atomic E-state index is 13.2. The van der Waals surface area contributed by atoms with E-state index >= 15 is 0 Å². The van der Waals surface area contributed by atoms with Crippen LogP contribution in [0.25, 0.3) is 6.08 Å². The van der Waals surface area contributed by atoms with Crippen LogP contribution in [0.5, 0.6) is 5.75 Å². The molecule has 0 amide bonds. The number of ether oxygens (including phenoxy) is 2. The van der Waals surface area contributed by atoms with Crippen molar-refractivity contribution in [2.24, 2.45) is 4.99 Å². The van der Waals surface area contributed by atoms with Gasteiger partial charge >= 0.3 is 5.97 Å². The summed E-state index contributed by atoms with van der Waals surface area (Å²) in [5.41, 5.74) is 1.76. The molecule has 1 aliphatic heterocycles. The SMILES string of the molecule is COc1ccccc1CCC1=N/C(=C/c2cccc(F)c2)C(=O)O1. The number of benzene rings is 2. The summed E-state index contributed by atoms with van der Waals surface area (Å²) in [4.78, 5) is 16.1. The lowest BCUT2D eigenvalue weighted by Crippen LogP contribution is -2.05. The maximum Gasteiger partial charge on any atom is 0.363 e. The van der Waals surface area contributed by atoms with E-state index in [-0.39, 0.29) is 11.5 Å². The molecule has 0 aliphatic carbocycles. The van der Waals surface area contributed by atoms with Gasteiger partial charge in [-0.3, -0.25) is 0 Å². The number of carbonyl (C=O) groups excluding carboxylic acids is 1. The van der Waals surface area contributed by atoms with E-state index in [1.807, 2.05) is 24.3 Å². The van der Waals surface area contributed by atoms with Gasteiger partial charge in [0.05, 0.1) is 7.11 Å².